The predicted molar refractivity (Wildman–Crippen MR) is 158 cm³/mol. The second kappa shape index (κ2) is 12.0. The lowest BCUT2D eigenvalue weighted by atomic mass is 9.94. The van der Waals surface area contributed by atoms with Crippen molar-refractivity contribution in [1.29, 1.82) is 0 Å². The molecule has 3 heterocycles. The number of H-pyrrole nitrogens is 1. The summed E-state index contributed by atoms with van der Waals surface area (Å²) >= 11 is 12.4. The predicted octanol–water partition coefficient (Wildman–Crippen LogP) is 3.76. The Hall–Kier alpha value is -3.73. The number of aromatic nitrogens is 2. The molecule has 1 saturated heterocycles. The van der Waals surface area contributed by atoms with Crippen LogP contribution in [0, 0.1) is 6.92 Å². The molecule has 1 fully saturated rings. The van der Waals surface area contributed by atoms with Crippen molar-refractivity contribution in [1.82, 2.24) is 29.6 Å². The van der Waals surface area contributed by atoms with E-state index in [2.05, 4.69) is 9.97 Å². The summed E-state index contributed by atoms with van der Waals surface area (Å²) < 4.78 is 0. The van der Waals surface area contributed by atoms with E-state index < -0.39 is 12.1 Å². The first kappa shape index (κ1) is 28.8. The summed E-state index contributed by atoms with van der Waals surface area (Å²) in [6, 6.07) is 13.2. The second-order valence-electron chi connectivity index (χ2n) is 10.4. The van der Waals surface area contributed by atoms with Gasteiger partial charge in [-0.05, 0) is 42.3 Å². The van der Waals surface area contributed by atoms with Crippen LogP contribution >= 0.6 is 23.2 Å². The molecule has 10 nitrogen and oxygen atoms in total. The van der Waals surface area contributed by atoms with Crippen molar-refractivity contribution >= 4 is 41.0 Å². The molecule has 0 aliphatic carbocycles. The lowest BCUT2D eigenvalue weighted by molar-refractivity contribution is -0.130. The van der Waals surface area contributed by atoms with E-state index in [0.717, 1.165) is 11.1 Å². The van der Waals surface area contributed by atoms with Crippen molar-refractivity contribution in [3.05, 3.63) is 97.6 Å². The Morgan fingerprint density at radius 2 is 1.54 bits per heavy atom. The Morgan fingerprint density at radius 1 is 0.951 bits per heavy atom. The van der Waals surface area contributed by atoms with E-state index >= 15 is 0 Å². The highest BCUT2D eigenvalue weighted by Gasteiger charge is 2.45. The number of nitrogens with one attached hydrogen (secondary N) is 1. The molecular formula is C29H31Cl2N7O3. The zero-order chi connectivity index (χ0) is 29.3. The van der Waals surface area contributed by atoms with Gasteiger partial charge >= 0.3 is 6.03 Å². The number of rotatable bonds is 5. The molecule has 214 valence electrons. The van der Waals surface area contributed by atoms with E-state index in [1.165, 1.54) is 6.20 Å². The first-order valence-corrected chi connectivity index (χ1v) is 14.0. The third kappa shape index (κ3) is 6.14. The number of aromatic amines is 1. The van der Waals surface area contributed by atoms with Crippen LogP contribution in [0.4, 0.5) is 4.79 Å². The summed E-state index contributed by atoms with van der Waals surface area (Å²) in [6.07, 6.45) is 1.46. The van der Waals surface area contributed by atoms with Crippen LogP contribution in [0.1, 0.15) is 34.6 Å². The molecule has 5 rings (SSSR count). The number of amides is 3. The van der Waals surface area contributed by atoms with Gasteiger partial charge in [0.2, 0.25) is 5.91 Å². The number of nitrogens with zero attached hydrogens (tertiary/aromatic N) is 6. The van der Waals surface area contributed by atoms with Crippen molar-refractivity contribution in [2.75, 3.05) is 46.8 Å². The smallest absolute Gasteiger partial charge is 0.326 e. The molecule has 0 unspecified atom stereocenters. The number of hydrogen-bond acceptors (Lipinski definition) is 6. The van der Waals surface area contributed by atoms with Crippen molar-refractivity contribution in [2.24, 2.45) is 4.99 Å². The molecule has 0 saturated carbocycles. The number of likely N-dealkylation sites (N-methyl/N-ethyl adjacent to an activating group) is 1. The number of carbonyl (C=O) groups is 2. The number of aliphatic imine (C=N–C) groups is 1. The van der Waals surface area contributed by atoms with E-state index in [9.17, 15) is 14.4 Å². The Kier molecular flexibility index (Phi) is 8.44. The molecule has 2 aromatic carbocycles. The Bertz CT molecular complexity index is 1510. The lowest BCUT2D eigenvalue weighted by Gasteiger charge is -2.39. The zero-order valence-electron chi connectivity index (χ0n) is 23.1. The van der Waals surface area contributed by atoms with Gasteiger partial charge in [-0.1, -0.05) is 47.5 Å². The normalized spacial score (nSPS) is 19.3. The number of piperazine rings is 1. The molecular weight excluding hydrogens is 565 g/mol. The summed E-state index contributed by atoms with van der Waals surface area (Å²) in [6.45, 7) is 3.92. The number of benzene rings is 2. The summed E-state index contributed by atoms with van der Waals surface area (Å²) in [5.74, 6) is 0.717. The average Bonchev–Trinajstić information content (AvgIpc) is 3.34. The monoisotopic (exact) mass is 595 g/mol. The van der Waals surface area contributed by atoms with Gasteiger partial charge in [0.25, 0.3) is 5.56 Å². The molecule has 3 amide bonds. The number of urea groups is 1. The number of amidine groups is 1. The van der Waals surface area contributed by atoms with Crippen LogP contribution in [0.5, 0.6) is 0 Å². The second-order valence-corrected chi connectivity index (χ2v) is 11.2. The molecule has 0 radical (unpaired) electrons. The average molecular weight is 597 g/mol. The van der Waals surface area contributed by atoms with Gasteiger partial charge in [-0.15, -0.1) is 0 Å². The van der Waals surface area contributed by atoms with Gasteiger partial charge in [-0.2, -0.15) is 0 Å². The maximum absolute atomic E-state index is 14.4. The molecule has 12 heteroatoms. The van der Waals surface area contributed by atoms with E-state index in [4.69, 9.17) is 28.2 Å². The van der Waals surface area contributed by atoms with Gasteiger partial charge < -0.3 is 14.8 Å². The Labute approximate surface area is 248 Å². The lowest BCUT2D eigenvalue weighted by Crippen LogP contribution is -2.55. The standard InChI is InChI=1S/C29H31Cl2N7O3/c1-18-32-16-23(28(40)33-18)27-34-25(19-4-8-21(30)9-5-19)26(20-6-10-22(31)11-7-20)38(27)29(41)37-14-12-36(13-15-37)17-24(39)35(2)3/h4-11,16,25-26H,12-15,17H2,1-3H3,(H,32,33,40)/t25-,26+/m0/s1. The van der Waals surface area contributed by atoms with Crippen LogP contribution in [0.15, 0.2) is 64.5 Å². The highest BCUT2D eigenvalue weighted by Crippen LogP contribution is 2.44. The van der Waals surface area contributed by atoms with Crippen molar-refractivity contribution < 1.29 is 9.59 Å². The fraction of sp³-hybridized carbons (Fsp3) is 0.345. The molecule has 2 aliphatic rings. The van der Waals surface area contributed by atoms with Gasteiger partial charge in [0, 0.05) is 56.5 Å². The van der Waals surface area contributed by atoms with E-state index in [-0.39, 0.29) is 28.9 Å². The van der Waals surface area contributed by atoms with Crippen molar-refractivity contribution in [3.8, 4) is 0 Å². The SMILES string of the molecule is Cc1ncc(C2=N[C@@H](c3ccc(Cl)cc3)[C@@H](c3ccc(Cl)cc3)N2C(=O)N2CCN(CC(=O)N(C)C)CC2)c(=O)[nH]1. The Morgan fingerprint density at radius 3 is 2.10 bits per heavy atom. The first-order valence-electron chi connectivity index (χ1n) is 13.3. The first-order chi connectivity index (χ1) is 19.6. The zero-order valence-corrected chi connectivity index (χ0v) is 24.6. The maximum Gasteiger partial charge on any atom is 0.326 e. The van der Waals surface area contributed by atoms with Gasteiger partial charge in [0.1, 0.15) is 23.3 Å². The summed E-state index contributed by atoms with van der Waals surface area (Å²) in [7, 11) is 3.46. The number of aryl methyl sites for hydroxylation is 1. The number of hydrogen-bond donors (Lipinski definition) is 1. The third-order valence-corrected chi connectivity index (χ3v) is 7.87. The molecule has 2 aliphatic heterocycles. The minimum Gasteiger partial charge on any atom is -0.348 e. The molecule has 2 atom stereocenters. The van der Waals surface area contributed by atoms with Crippen LogP contribution in [0.3, 0.4) is 0 Å². The van der Waals surface area contributed by atoms with E-state index in [1.807, 2.05) is 29.2 Å². The minimum absolute atomic E-state index is 0.0124. The highest BCUT2D eigenvalue weighted by molar-refractivity contribution is 6.30. The van der Waals surface area contributed by atoms with Crippen molar-refractivity contribution in [3.63, 3.8) is 0 Å². The summed E-state index contributed by atoms with van der Waals surface area (Å²) in [4.78, 5) is 58.7. The molecule has 0 spiro atoms. The molecule has 1 aromatic heterocycles. The quantitative estimate of drug-likeness (QED) is 0.483. The van der Waals surface area contributed by atoms with Crippen LogP contribution in [0.25, 0.3) is 0 Å². The molecule has 41 heavy (non-hydrogen) atoms. The largest absolute Gasteiger partial charge is 0.348 e. The number of halogens is 2. The van der Waals surface area contributed by atoms with Crippen molar-refractivity contribution in [2.45, 2.75) is 19.0 Å². The number of carbonyl (C=O) groups excluding carboxylic acids is 2. The maximum atomic E-state index is 14.4. The van der Waals surface area contributed by atoms with E-state index in [1.54, 1.807) is 60.0 Å². The molecule has 1 N–H and O–H groups in total. The van der Waals surface area contributed by atoms with Gasteiger partial charge in [-0.3, -0.25) is 24.4 Å². The minimum atomic E-state index is -0.565. The van der Waals surface area contributed by atoms with E-state index in [0.29, 0.717) is 48.6 Å². The fourth-order valence-corrected chi connectivity index (χ4v) is 5.33. The summed E-state index contributed by atoms with van der Waals surface area (Å²) in [5.41, 5.74) is 1.47. The topological polar surface area (TPSA) is 105 Å². The molecule has 0 bridgehead atoms. The van der Waals surface area contributed by atoms with Crippen LogP contribution < -0.4 is 5.56 Å². The molecule has 3 aromatic rings. The van der Waals surface area contributed by atoms with Crippen LogP contribution in [-0.4, -0.2) is 94.2 Å². The van der Waals surface area contributed by atoms with Gasteiger partial charge in [0.15, 0.2) is 0 Å². The Balaban J connectivity index is 1.55. The van der Waals surface area contributed by atoms with Gasteiger partial charge in [-0.25, -0.2) is 9.78 Å². The third-order valence-electron chi connectivity index (χ3n) is 7.36. The summed E-state index contributed by atoms with van der Waals surface area (Å²) in [5, 5.41) is 1.15. The van der Waals surface area contributed by atoms with Gasteiger partial charge in [0.05, 0.1) is 12.6 Å². The van der Waals surface area contributed by atoms with Crippen LogP contribution in [-0.2, 0) is 4.79 Å². The van der Waals surface area contributed by atoms with Crippen LogP contribution in [0.2, 0.25) is 10.0 Å². The highest BCUT2D eigenvalue weighted by atomic mass is 35.5. The fourth-order valence-electron chi connectivity index (χ4n) is 5.08.